The van der Waals surface area contributed by atoms with Crippen LogP contribution >= 0.6 is 11.6 Å². The van der Waals surface area contributed by atoms with Gasteiger partial charge in [0.05, 0.1) is 4.92 Å². The van der Waals surface area contributed by atoms with E-state index < -0.39 is 16.7 Å². The van der Waals surface area contributed by atoms with Crippen LogP contribution in [-0.2, 0) is 4.79 Å². The molecule has 0 heterocycles. The van der Waals surface area contributed by atoms with Gasteiger partial charge in [-0.3, -0.25) is 19.7 Å². The van der Waals surface area contributed by atoms with Gasteiger partial charge in [0.25, 0.3) is 17.5 Å². The van der Waals surface area contributed by atoms with Crippen molar-refractivity contribution in [3.05, 3.63) is 110 Å². The molecule has 0 saturated heterocycles. The van der Waals surface area contributed by atoms with Gasteiger partial charge in [0.15, 0.2) is 0 Å². The van der Waals surface area contributed by atoms with Crippen LogP contribution in [0.1, 0.15) is 21.5 Å². The smallest absolute Gasteiger partial charge is 0.272 e. The van der Waals surface area contributed by atoms with Crippen LogP contribution in [0.3, 0.4) is 0 Å². The second-order valence-electron chi connectivity index (χ2n) is 6.69. The number of halogens is 1. The van der Waals surface area contributed by atoms with Gasteiger partial charge in [0.1, 0.15) is 5.70 Å². The first-order chi connectivity index (χ1) is 14.8. The second-order valence-corrected chi connectivity index (χ2v) is 7.13. The maximum atomic E-state index is 12.9. The minimum Gasteiger partial charge on any atom is -0.321 e. The topological polar surface area (TPSA) is 101 Å². The number of non-ortho nitro benzene ring substituents is 1. The monoisotopic (exact) mass is 435 g/mol. The van der Waals surface area contributed by atoms with Crippen molar-refractivity contribution in [3.8, 4) is 0 Å². The van der Waals surface area contributed by atoms with Gasteiger partial charge in [0, 0.05) is 28.4 Å². The molecule has 0 bridgehead atoms. The molecule has 0 saturated carbocycles. The summed E-state index contributed by atoms with van der Waals surface area (Å²) in [5.74, 6) is -1.07. The Hall–Kier alpha value is -3.97. The Balaban J connectivity index is 1.92. The molecule has 8 heteroatoms. The lowest BCUT2D eigenvalue weighted by atomic mass is 10.1. The minimum absolute atomic E-state index is 0.0685. The summed E-state index contributed by atoms with van der Waals surface area (Å²) >= 11 is 5.87. The molecule has 0 aliphatic rings. The van der Waals surface area contributed by atoms with E-state index in [1.165, 1.54) is 24.3 Å². The van der Waals surface area contributed by atoms with Crippen LogP contribution in [0, 0.1) is 17.0 Å². The molecule has 7 nitrogen and oxygen atoms in total. The van der Waals surface area contributed by atoms with Crippen LogP contribution in [-0.4, -0.2) is 16.7 Å². The van der Waals surface area contributed by atoms with Gasteiger partial charge in [-0.1, -0.05) is 41.4 Å². The number of benzene rings is 3. The van der Waals surface area contributed by atoms with Crippen LogP contribution < -0.4 is 10.6 Å². The number of hydrogen-bond donors (Lipinski definition) is 2. The summed E-state index contributed by atoms with van der Waals surface area (Å²) in [6, 6.07) is 19.1. The number of nitrogens with one attached hydrogen (secondary N) is 2. The van der Waals surface area contributed by atoms with E-state index in [1.54, 1.807) is 54.6 Å². The van der Waals surface area contributed by atoms with E-state index in [1.807, 2.05) is 6.92 Å². The highest BCUT2D eigenvalue weighted by atomic mass is 35.5. The standard InChI is InChI=1S/C23H18ClN3O4/c1-15-5-7-17(8-6-15)22(28)26-21(14-16-3-2-4-20(13-16)27(30)31)23(29)25-19-11-9-18(24)10-12-19/h2-14H,1H3,(H,25,29)(H,26,28)/b21-14-. The fourth-order valence-electron chi connectivity index (χ4n) is 2.68. The first kappa shape index (κ1) is 21.7. The Labute approximate surface area is 183 Å². The maximum absolute atomic E-state index is 12.9. The van der Waals surface area contributed by atoms with E-state index in [-0.39, 0.29) is 11.4 Å². The number of aryl methyl sites for hydroxylation is 1. The molecule has 0 radical (unpaired) electrons. The van der Waals surface area contributed by atoms with Gasteiger partial charge in [-0.05, 0) is 55.0 Å². The number of nitro benzene ring substituents is 1. The van der Waals surface area contributed by atoms with E-state index in [4.69, 9.17) is 11.6 Å². The summed E-state index contributed by atoms with van der Waals surface area (Å²) in [5, 5.41) is 16.8. The molecule has 3 rings (SSSR count). The van der Waals surface area contributed by atoms with Crippen molar-refractivity contribution in [1.29, 1.82) is 0 Å². The Morgan fingerprint density at radius 1 is 1.00 bits per heavy atom. The third kappa shape index (κ3) is 6.01. The zero-order chi connectivity index (χ0) is 22.4. The average molecular weight is 436 g/mol. The molecule has 2 N–H and O–H groups in total. The molecule has 31 heavy (non-hydrogen) atoms. The molecule has 0 aliphatic carbocycles. The Bertz CT molecular complexity index is 1160. The van der Waals surface area contributed by atoms with Crippen molar-refractivity contribution < 1.29 is 14.5 Å². The number of rotatable bonds is 6. The van der Waals surface area contributed by atoms with Gasteiger partial charge in [-0.25, -0.2) is 0 Å². The van der Waals surface area contributed by atoms with E-state index in [2.05, 4.69) is 10.6 Å². The van der Waals surface area contributed by atoms with Crippen molar-refractivity contribution in [1.82, 2.24) is 5.32 Å². The number of nitrogens with zero attached hydrogens (tertiary/aromatic N) is 1. The van der Waals surface area contributed by atoms with Gasteiger partial charge < -0.3 is 10.6 Å². The molecule has 0 atom stereocenters. The number of amides is 2. The van der Waals surface area contributed by atoms with Gasteiger partial charge in [-0.15, -0.1) is 0 Å². The number of nitro groups is 1. The fourth-order valence-corrected chi connectivity index (χ4v) is 2.81. The van der Waals surface area contributed by atoms with Crippen molar-refractivity contribution >= 4 is 40.9 Å². The van der Waals surface area contributed by atoms with Crippen LogP contribution in [0.25, 0.3) is 6.08 Å². The van der Waals surface area contributed by atoms with E-state index >= 15 is 0 Å². The lowest BCUT2D eigenvalue weighted by molar-refractivity contribution is -0.384. The lowest BCUT2D eigenvalue weighted by Crippen LogP contribution is -2.30. The predicted octanol–water partition coefficient (Wildman–Crippen LogP) is 4.97. The van der Waals surface area contributed by atoms with Gasteiger partial charge in [-0.2, -0.15) is 0 Å². The number of anilines is 1. The molecule has 3 aromatic carbocycles. The zero-order valence-electron chi connectivity index (χ0n) is 16.5. The molecule has 0 aromatic heterocycles. The first-order valence-electron chi connectivity index (χ1n) is 9.23. The Morgan fingerprint density at radius 2 is 1.68 bits per heavy atom. The highest BCUT2D eigenvalue weighted by Crippen LogP contribution is 2.18. The summed E-state index contributed by atoms with van der Waals surface area (Å²) in [6.45, 7) is 1.90. The van der Waals surface area contributed by atoms with E-state index in [0.717, 1.165) is 5.56 Å². The summed E-state index contributed by atoms with van der Waals surface area (Å²) < 4.78 is 0. The van der Waals surface area contributed by atoms with E-state index in [0.29, 0.717) is 21.8 Å². The van der Waals surface area contributed by atoms with Crippen LogP contribution in [0.5, 0.6) is 0 Å². The fraction of sp³-hybridized carbons (Fsp3) is 0.0435. The van der Waals surface area contributed by atoms with Crippen molar-refractivity contribution in [2.75, 3.05) is 5.32 Å². The quantitative estimate of drug-likeness (QED) is 0.324. The maximum Gasteiger partial charge on any atom is 0.272 e. The largest absolute Gasteiger partial charge is 0.321 e. The molecule has 2 amide bonds. The Kier molecular flexibility index (Phi) is 6.79. The molecule has 0 aliphatic heterocycles. The molecular weight excluding hydrogens is 418 g/mol. The summed E-state index contributed by atoms with van der Waals surface area (Å²) in [7, 11) is 0. The highest BCUT2D eigenvalue weighted by Gasteiger charge is 2.16. The third-order valence-electron chi connectivity index (χ3n) is 4.30. The van der Waals surface area contributed by atoms with Crippen molar-refractivity contribution in [2.24, 2.45) is 0 Å². The summed E-state index contributed by atoms with van der Waals surface area (Å²) in [6.07, 6.45) is 1.38. The zero-order valence-corrected chi connectivity index (χ0v) is 17.2. The number of hydrogen-bond acceptors (Lipinski definition) is 4. The molecule has 0 spiro atoms. The van der Waals surface area contributed by atoms with Crippen molar-refractivity contribution in [2.45, 2.75) is 6.92 Å². The van der Waals surface area contributed by atoms with Crippen molar-refractivity contribution in [3.63, 3.8) is 0 Å². The second kappa shape index (κ2) is 9.69. The summed E-state index contributed by atoms with van der Waals surface area (Å²) in [4.78, 5) is 36.1. The number of carbonyl (C=O) groups is 2. The van der Waals surface area contributed by atoms with Crippen LogP contribution in [0.15, 0.2) is 78.5 Å². The molecule has 3 aromatic rings. The number of carbonyl (C=O) groups excluding carboxylic acids is 2. The molecule has 0 fully saturated rings. The third-order valence-corrected chi connectivity index (χ3v) is 4.55. The molecule has 156 valence electrons. The Morgan fingerprint density at radius 3 is 2.32 bits per heavy atom. The minimum atomic E-state index is -0.589. The van der Waals surface area contributed by atoms with E-state index in [9.17, 15) is 19.7 Å². The van der Waals surface area contributed by atoms with Crippen LogP contribution in [0.2, 0.25) is 5.02 Å². The highest BCUT2D eigenvalue weighted by molar-refractivity contribution is 6.30. The first-order valence-corrected chi connectivity index (χ1v) is 9.61. The lowest BCUT2D eigenvalue weighted by Gasteiger charge is -2.12. The molecular formula is C23H18ClN3O4. The molecule has 0 unspecified atom stereocenters. The normalized spacial score (nSPS) is 11.0. The van der Waals surface area contributed by atoms with Gasteiger partial charge >= 0.3 is 0 Å². The van der Waals surface area contributed by atoms with Gasteiger partial charge in [0.2, 0.25) is 0 Å². The summed E-state index contributed by atoms with van der Waals surface area (Å²) in [5.41, 5.74) is 2.03. The average Bonchev–Trinajstić information content (AvgIpc) is 2.75. The SMILES string of the molecule is Cc1ccc(C(=O)N/C(=C\c2cccc([N+](=O)[O-])c2)C(=O)Nc2ccc(Cl)cc2)cc1. The van der Waals surface area contributed by atoms with Crippen LogP contribution in [0.4, 0.5) is 11.4 Å². The predicted molar refractivity (Wildman–Crippen MR) is 120 cm³/mol.